The van der Waals surface area contributed by atoms with Crippen LogP contribution in [0.15, 0.2) is 35.7 Å². The highest BCUT2D eigenvalue weighted by atomic mass is 32.2. The number of thioether (sulfide) groups is 1. The SMILES string of the molecule is Cn1c(CN)nnc1SCc1cn2ccccc2n1. The molecule has 3 aromatic heterocycles. The minimum Gasteiger partial charge on any atom is -0.324 e. The Kier molecular flexibility index (Phi) is 3.22. The van der Waals surface area contributed by atoms with Crippen molar-refractivity contribution in [2.24, 2.45) is 12.8 Å². The van der Waals surface area contributed by atoms with Crippen molar-refractivity contribution in [1.29, 1.82) is 0 Å². The zero-order valence-electron chi connectivity index (χ0n) is 10.5. The molecule has 0 aliphatic rings. The van der Waals surface area contributed by atoms with Gasteiger partial charge in [0.05, 0.1) is 12.2 Å². The van der Waals surface area contributed by atoms with Crippen LogP contribution in [0, 0.1) is 0 Å². The number of rotatable bonds is 4. The Labute approximate surface area is 114 Å². The molecule has 0 saturated carbocycles. The lowest BCUT2D eigenvalue weighted by atomic mass is 10.5. The maximum atomic E-state index is 5.57. The molecular formula is C12H14N6S. The molecule has 0 spiro atoms. The van der Waals surface area contributed by atoms with Gasteiger partial charge in [0.25, 0.3) is 0 Å². The van der Waals surface area contributed by atoms with Crippen molar-refractivity contribution in [2.75, 3.05) is 0 Å². The molecule has 19 heavy (non-hydrogen) atoms. The Morgan fingerprint density at radius 1 is 1.32 bits per heavy atom. The summed E-state index contributed by atoms with van der Waals surface area (Å²) >= 11 is 1.61. The predicted molar refractivity (Wildman–Crippen MR) is 73.6 cm³/mol. The van der Waals surface area contributed by atoms with E-state index in [0.29, 0.717) is 6.54 Å². The second-order valence-corrected chi connectivity index (χ2v) is 5.09. The largest absolute Gasteiger partial charge is 0.324 e. The number of fused-ring (bicyclic) bond motifs is 1. The van der Waals surface area contributed by atoms with Gasteiger partial charge in [0.1, 0.15) is 11.5 Å². The van der Waals surface area contributed by atoms with Gasteiger partial charge in [0.15, 0.2) is 5.16 Å². The molecule has 3 rings (SSSR count). The van der Waals surface area contributed by atoms with Gasteiger partial charge < -0.3 is 14.7 Å². The number of nitrogens with zero attached hydrogens (tertiary/aromatic N) is 5. The molecule has 0 amide bonds. The number of nitrogens with two attached hydrogens (primary N) is 1. The van der Waals surface area contributed by atoms with Crippen LogP contribution in [0.1, 0.15) is 11.5 Å². The van der Waals surface area contributed by atoms with Crippen molar-refractivity contribution in [2.45, 2.75) is 17.5 Å². The average molecular weight is 274 g/mol. The van der Waals surface area contributed by atoms with Crippen LogP contribution in [0.4, 0.5) is 0 Å². The smallest absolute Gasteiger partial charge is 0.191 e. The number of pyridine rings is 1. The van der Waals surface area contributed by atoms with Crippen LogP contribution in [0.2, 0.25) is 0 Å². The Morgan fingerprint density at radius 3 is 2.95 bits per heavy atom. The minimum atomic E-state index is 0.401. The van der Waals surface area contributed by atoms with E-state index in [1.165, 1.54) is 0 Å². The molecule has 0 radical (unpaired) electrons. The van der Waals surface area contributed by atoms with Gasteiger partial charge in [0.2, 0.25) is 0 Å². The lowest BCUT2D eigenvalue weighted by Gasteiger charge is -2.00. The number of imidazole rings is 1. The molecule has 0 aliphatic heterocycles. The Morgan fingerprint density at radius 2 is 2.21 bits per heavy atom. The normalized spacial score (nSPS) is 11.3. The molecule has 6 nitrogen and oxygen atoms in total. The Bertz CT molecular complexity index is 668. The third kappa shape index (κ3) is 2.34. The van der Waals surface area contributed by atoms with Crippen LogP contribution in [0.5, 0.6) is 0 Å². The van der Waals surface area contributed by atoms with Gasteiger partial charge >= 0.3 is 0 Å². The van der Waals surface area contributed by atoms with Crippen molar-refractivity contribution >= 4 is 17.4 Å². The van der Waals surface area contributed by atoms with Crippen molar-refractivity contribution in [1.82, 2.24) is 24.1 Å². The molecule has 3 heterocycles. The molecule has 0 saturated heterocycles. The fourth-order valence-electron chi connectivity index (χ4n) is 1.84. The lowest BCUT2D eigenvalue weighted by molar-refractivity contribution is 0.734. The summed E-state index contributed by atoms with van der Waals surface area (Å²) in [6, 6.07) is 5.96. The van der Waals surface area contributed by atoms with Gasteiger partial charge in [-0.2, -0.15) is 0 Å². The second kappa shape index (κ2) is 5.02. The van der Waals surface area contributed by atoms with Crippen molar-refractivity contribution in [3.63, 3.8) is 0 Å². The van der Waals surface area contributed by atoms with E-state index in [-0.39, 0.29) is 0 Å². The third-order valence-corrected chi connectivity index (χ3v) is 3.92. The molecule has 0 bridgehead atoms. The molecule has 0 unspecified atom stereocenters. The van der Waals surface area contributed by atoms with Gasteiger partial charge in [-0.25, -0.2) is 4.98 Å². The van der Waals surface area contributed by atoms with Crippen LogP contribution >= 0.6 is 11.8 Å². The fourth-order valence-corrected chi connectivity index (χ4v) is 2.66. The van der Waals surface area contributed by atoms with Gasteiger partial charge in [0, 0.05) is 25.2 Å². The van der Waals surface area contributed by atoms with Crippen molar-refractivity contribution < 1.29 is 0 Å². The Hall–Kier alpha value is -1.86. The molecule has 98 valence electrons. The molecule has 7 heteroatoms. The highest BCUT2D eigenvalue weighted by Gasteiger charge is 2.09. The number of aromatic nitrogens is 5. The van der Waals surface area contributed by atoms with E-state index < -0.39 is 0 Å². The molecule has 2 N–H and O–H groups in total. The van der Waals surface area contributed by atoms with Crippen LogP contribution in [0.3, 0.4) is 0 Å². The number of hydrogen-bond donors (Lipinski definition) is 1. The van der Waals surface area contributed by atoms with Gasteiger partial charge in [-0.3, -0.25) is 0 Å². The van der Waals surface area contributed by atoms with E-state index in [0.717, 1.165) is 28.1 Å². The van der Waals surface area contributed by atoms with Gasteiger partial charge in [-0.1, -0.05) is 17.8 Å². The molecule has 0 aromatic carbocycles. The van der Waals surface area contributed by atoms with Gasteiger partial charge in [-0.05, 0) is 12.1 Å². The monoisotopic (exact) mass is 274 g/mol. The summed E-state index contributed by atoms with van der Waals surface area (Å²) < 4.78 is 3.93. The first-order chi connectivity index (χ1) is 9.28. The predicted octanol–water partition coefficient (Wildman–Crippen LogP) is 1.21. The van der Waals surface area contributed by atoms with E-state index in [4.69, 9.17) is 5.73 Å². The Balaban J connectivity index is 1.76. The molecular weight excluding hydrogens is 260 g/mol. The topological polar surface area (TPSA) is 74.0 Å². The third-order valence-electron chi connectivity index (χ3n) is 2.87. The summed E-state index contributed by atoms with van der Waals surface area (Å²) in [5.41, 5.74) is 7.55. The zero-order chi connectivity index (χ0) is 13.2. The van der Waals surface area contributed by atoms with Crippen LogP contribution in [-0.2, 0) is 19.3 Å². The highest BCUT2D eigenvalue weighted by Crippen LogP contribution is 2.20. The van der Waals surface area contributed by atoms with E-state index in [9.17, 15) is 0 Å². The van der Waals surface area contributed by atoms with E-state index in [1.807, 2.05) is 46.6 Å². The summed E-state index contributed by atoms with van der Waals surface area (Å²) in [4.78, 5) is 4.54. The standard InChI is InChI=1S/C12H14N6S/c1-17-11(6-13)15-16-12(17)19-8-9-7-18-5-3-2-4-10(18)14-9/h2-5,7H,6,8,13H2,1H3. The summed E-state index contributed by atoms with van der Waals surface area (Å²) in [6.45, 7) is 0.401. The van der Waals surface area contributed by atoms with E-state index >= 15 is 0 Å². The van der Waals surface area contributed by atoms with Crippen molar-refractivity contribution in [3.8, 4) is 0 Å². The average Bonchev–Trinajstić information content (AvgIpc) is 2.99. The zero-order valence-corrected chi connectivity index (χ0v) is 11.3. The van der Waals surface area contributed by atoms with E-state index in [1.54, 1.807) is 11.8 Å². The lowest BCUT2D eigenvalue weighted by Crippen LogP contribution is -2.05. The van der Waals surface area contributed by atoms with Crippen LogP contribution in [0.25, 0.3) is 5.65 Å². The van der Waals surface area contributed by atoms with Crippen LogP contribution in [-0.4, -0.2) is 24.1 Å². The second-order valence-electron chi connectivity index (χ2n) is 4.15. The summed E-state index contributed by atoms with van der Waals surface area (Å²) in [5, 5.41) is 9.01. The van der Waals surface area contributed by atoms with Gasteiger partial charge in [-0.15, -0.1) is 10.2 Å². The first kappa shape index (κ1) is 12.2. The summed E-state index contributed by atoms with van der Waals surface area (Å²) in [5.74, 6) is 1.55. The minimum absolute atomic E-state index is 0.401. The van der Waals surface area contributed by atoms with E-state index in [2.05, 4.69) is 15.2 Å². The quantitative estimate of drug-likeness (QED) is 0.724. The summed E-state index contributed by atoms with van der Waals surface area (Å²) in [7, 11) is 1.92. The maximum absolute atomic E-state index is 5.57. The fraction of sp³-hybridized carbons (Fsp3) is 0.250. The van der Waals surface area contributed by atoms with Crippen LogP contribution < -0.4 is 5.73 Å². The first-order valence-electron chi connectivity index (χ1n) is 5.91. The maximum Gasteiger partial charge on any atom is 0.191 e. The molecule has 0 aliphatic carbocycles. The highest BCUT2D eigenvalue weighted by molar-refractivity contribution is 7.98. The molecule has 0 fully saturated rings. The van der Waals surface area contributed by atoms with Crippen molar-refractivity contribution in [3.05, 3.63) is 42.1 Å². The number of hydrogen-bond acceptors (Lipinski definition) is 5. The summed E-state index contributed by atoms with van der Waals surface area (Å²) in [6.07, 6.45) is 4.02. The molecule has 3 aromatic rings. The first-order valence-corrected chi connectivity index (χ1v) is 6.90. The molecule has 0 atom stereocenters.